The Morgan fingerprint density at radius 1 is 1.11 bits per heavy atom. The lowest BCUT2D eigenvalue weighted by atomic mass is 10.0. The zero-order valence-electron chi connectivity index (χ0n) is 19.3. The first-order chi connectivity index (χ1) is 17.4. The van der Waals surface area contributed by atoms with E-state index >= 15 is 0 Å². The molecule has 0 saturated heterocycles. The van der Waals surface area contributed by atoms with E-state index in [0.717, 1.165) is 16.2 Å². The average Bonchev–Trinajstić information content (AvgIpc) is 3.51. The van der Waals surface area contributed by atoms with Crippen molar-refractivity contribution in [1.29, 1.82) is 0 Å². The van der Waals surface area contributed by atoms with Gasteiger partial charge >= 0.3 is 12.4 Å². The van der Waals surface area contributed by atoms with Crippen LogP contribution in [0.15, 0.2) is 49.1 Å². The van der Waals surface area contributed by atoms with E-state index < -0.39 is 35.0 Å². The molecule has 2 aromatic heterocycles. The minimum Gasteiger partial charge on any atom is -0.494 e. The number of thiazole rings is 1. The standard InChI is InChI=1S/C23H17ClF6N4O2S.ClH/c1-36-17-4-3-16(24)19-18(17)32-21(37-19)34(7-2-6-33-8-5-31-12-33)20(35)13-9-14(22(25,26)27)11-15(10-13)23(28,29)30;/h3-5,8-12H,2,6-7H2,1H3;1H. The normalized spacial score (nSPS) is 11.9. The predicted octanol–water partition coefficient (Wildman–Crippen LogP) is 7.35. The lowest BCUT2D eigenvalue weighted by Gasteiger charge is -2.21. The highest BCUT2D eigenvalue weighted by Gasteiger charge is 2.38. The Morgan fingerprint density at radius 2 is 1.76 bits per heavy atom. The number of fused-ring (bicyclic) bond motifs is 1. The van der Waals surface area contributed by atoms with Crippen molar-refractivity contribution in [2.45, 2.75) is 25.3 Å². The van der Waals surface area contributed by atoms with Crippen LogP contribution in [0.4, 0.5) is 31.5 Å². The Hall–Kier alpha value is -3.03. The number of imidazole rings is 1. The summed E-state index contributed by atoms with van der Waals surface area (Å²) in [6.45, 7) is 0.323. The van der Waals surface area contributed by atoms with E-state index in [-0.39, 0.29) is 30.1 Å². The molecule has 2 heterocycles. The van der Waals surface area contributed by atoms with Crippen molar-refractivity contribution < 1.29 is 35.9 Å². The number of aryl methyl sites for hydroxylation is 1. The number of carbonyl (C=O) groups is 1. The highest BCUT2D eigenvalue weighted by atomic mass is 35.5. The summed E-state index contributed by atoms with van der Waals surface area (Å²) in [5.74, 6) is -0.734. The van der Waals surface area contributed by atoms with Crippen LogP contribution in [-0.2, 0) is 18.9 Å². The van der Waals surface area contributed by atoms with Crippen LogP contribution in [-0.4, -0.2) is 34.1 Å². The van der Waals surface area contributed by atoms with Crippen LogP contribution in [0.5, 0.6) is 5.75 Å². The molecule has 0 fully saturated rings. The Bertz CT molecular complexity index is 1390. The van der Waals surface area contributed by atoms with Crippen LogP contribution in [0.25, 0.3) is 10.2 Å². The maximum Gasteiger partial charge on any atom is 0.416 e. The number of rotatable bonds is 7. The summed E-state index contributed by atoms with van der Waals surface area (Å²) < 4.78 is 87.9. The number of benzene rings is 2. The number of carbonyl (C=O) groups excluding carboxylic acids is 1. The van der Waals surface area contributed by atoms with Gasteiger partial charge in [0, 0.05) is 31.0 Å². The molecule has 6 nitrogen and oxygen atoms in total. The summed E-state index contributed by atoms with van der Waals surface area (Å²) in [6.07, 6.45) is -5.13. The number of amides is 1. The summed E-state index contributed by atoms with van der Waals surface area (Å²) >= 11 is 7.24. The molecule has 2 aromatic carbocycles. The first-order valence-electron chi connectivity index (χ1n) is 10.6. The number of hydrogen-bond donors (Lipinski definition) is 0. The SMILES string of the molecule is COc1ccc(Cl)c2sc(N(CCCn3ccnc3)C(=O)c3cc(C(F)(F)F)cc(C(F)(F)F)c3)nc12.Cl. The van der Waals surface area contributed by atoms with Crippen molar-refractivity contribution in [3.8, 4) is 5.75 Å². The molecule has 0 aliphatic heterocycles. The summed E-state index contributed by atoms with van der Waals surface area (Å²) in [4.78, 5) is 22.8. The van der Waals surface area contributed by atoms with Crippen molar-refractivity contribution >= 4 is 56.6 Å². The summed E-state index contributed by atoms with van der Waals surface area (Å²) in [7, 11) is 1.40. The monoisotopic (exact) mass is 598 g/mol. The highest BCUT2D eigenvalue weighted by molar-refractivity contribution is 7.23. The zero-order chi connectivity index (χ0) is 27.0. The first-order valence-corrected chi connectivity index (χ1v) is 11.8. The summed E-state index contributed by atoms with van der Waals surface area (Å²) in [5, 5.41) is 0.340. The van der Waals surface area contributed by atoms with Crippen LogP contribution in [0.2, 0.25) is 5.02 Å². The Kier molecular flexibility index (Phi) is 8.84. The molecule has 15 heteroatoms. The van der Waals surface area contributed by atoms with Crippen LogP contribution in [0, 0.1) is 0 Å². The maximum atomic E-state index is 13.5. The molecular weight excluding hydrogens is 581 g/mol. The van der Waals surface area contributed by atoms with Gasteiger partial charge < -0.3 is 9.30 Å². The van der Waals surface area contributed by atoms with Crippen molar-refractivity contribution in [1.82, 2.24) is 14.5 Å². The lowest BCUT2D eigenvalue weighted by Crippen LogP contribution is -2.33. The molecule has 0 radical (unpaired) electrons. The molecule has 0 aliphatic rings. The van der Waals surface area contributed by atoms with Gasteiger partial charge in [0.1, 0.15) is 11.3 Å². The van der Waals surface area contributed by atoms with E-state index in [1.165, 1.54) is 13.4 Å². The van der Waals surface area contributed by atoms with Gasteiger partial charge in [-0.1, -0.05) is 22.9 Å². The lowest BCUT2D eigenvalue weighted by molar-refractivity contribution is -0.143. The van der Waals surface area contributed by atoms with Crippen LogP contribution in [0.1, 0.15) is 27.9 Å². The van der Waals surface area contributed by atoms with Gasteiger partial charge in [0.2, 0.25) is 0 Å². The molecule has 0 unspecified atom stereocenters. The molecule has 0 spiro atoms. The zero-order valence-corrected chi connectivity index (χ0v) is 21.7. The molecule has 1 amide bonds. The molecule has 0 N–H and O–H groups in total. The van der Waals surface area contributed by atoms with Crippen LogP contribution >= 0.6 is 35.3 Å². The second kappa shape index (κ2) is 11.4. The van der Waals surface area contributed by atoms with E-state index in [2.05, 4.69) is 9.97 Å². The van der Waals surface area contributed by atoms with Crippen molar-refractivity contribution in [2.75, 3.05) is 18.6 Å². The van der Waals surface area contributed by atoms with Gasteiger partial charge in [-0.2, -0.15) is 26.3 Å². The molecule has 38 heavy (non-hydrogen) atoms. The predicted molar refractivity (Wildman–Crippen MR) is 133 cm³/mol. The Labute approximate surface area is 227 Å². The molecule has 4 aromatic rings. The van der Waals surface area contributed by atoms with E-state index in [1.807, 2.05) is 0 Å². The first kappa shape index (κ1) is 29.5. The number of anilines is 1. The van der Waals surface area contributed by atoms with Crippen LogP contribution < -0.4 is 9.64 Å². The van der Waals surface area contributed by atoms with Gasteiger partial charge in [0.25, 0.3) is 5.91 Å². The maximum absolute atomic E-state index is 13.5. The summed E-state index contributed by atoms with van der Waals surface area (Å²) in [6, 6.07) is 3.89. The average molecular weight is 599 g/mol. The fourth-order valence-corrected chi connectivity index (χ4v) is 4.85. The number of halogens is 8. The summed E-state index contributed by atoms with van der Waals surface area (Å²) in [5.41, 5.74) is -3.64. The van der Waals surface area contributed by atoms with Crippen LogP contribution in [0.3, 0.4) is 0 Å². The molecule has 204 valence electrons. The molecule has 0 aliphatic carbocycles. The molecule has 0 atom stereocenters. The topological polar surface area (TPSA) is 60.2 Å². The van der Waals surface area contributed by atoms with E-state index in [9.17, 15) is 31.1 Å². The van der Waals surface area contributed by atoms with Gasteiger partial charge in [-0.3, -0.25) is 9.69 Å². The van der Waals surface area contributed by atoms with Gasteiger partial charge in [-0.25, -0.2) is 9.97 Å². The van der Waals surface area contributed by atoms with E-state index in [4.69, 9.17) is 16.3 Å². The number of aromatic nitrogens is 3. The van der Waals surface area contributed by atoms with E-state index in [1.54, 1.807) is 29.1 Å². The third-order valence-corrected chi connectivity index (χ3v) is 6.87. The second-order valence-corrected chi connectivity index (χ2v) is 9.21. The highest BCUT2D eigenvalue weighted by Crippen LogP contribution is 2.40. The largest absolute Gasteiger partial charge is 0.494 e. The number of alkyl halides is 6. The third kappa shape index (κ3) is 6.33. The molecule has 4 rings (SSSR count). The van der Waals surface area contributed by atoms with Crippen molar-refractivity contribution in [3.63, 3.8) is 0 Å². The number of nitrogens with zero attached hydrogens (tertiary/aromatic N) is 4. The number of ether oxygens (including phenoxy) is 1. The molecular formula is C23H18Cl2F6N4O2S. The Morgan fingerprint density at radius 3 is 2.32 bits per heavy atom. The van der Waals surface area contributed by atoms with Gasteiger partial charge in [0.05, 0.1) is 34.3 Å². The van der Waals surface area contributed by atoms with Gasteiger partial charge in [-0.05, 0) is 36.8 Å². The van der Waals surface area contributed by atoms with Crippen molar-refractivity contribution in [2.24, 2.45) is 0 Å². The van der Waals surface area contributed by atoms with Gasteiger partial charge in [-0.15, -0.1) is 12.4 Å². The van der Waals surface area contributed by atoms with Crippen molar-refractivity contribution in [3.05, 3.63) is 70.8 Å². The third-order valence-electron chi connectivity index (χ3n) is 5.34. The van der Waals surface area contributed by atoms with E-state index in [0.29, 0.717) is 46.1 Å². The fourth-order valence-electron chi connectivity index (χ4n) is 3.57. The second-order valence-electron chi connectivity index (χ2n) is 7.83. The minimum atomic E-state index is -5.10. The fraction of sp³-hybridized carbons (Fsp3) is 0.261. The minimum absolute atomic E-state index is 0. The number of hydrogen-bond acceptors (Lipinski definition) is 5. The molecule has 0 bridgehead atoms. The molecule has 0 saturated carbocycles. The number of methoxy groups -OCH3 is 1. The van der Waals surface area contributed by atoms with Gasteiger partial charge in [0.15, 0.2) is 5.13 Å². The quantitative estimate of drug-likeness (QED) is 0.209. The Balaban J connectivity index is 0.00000400. The smallest absolute Gasteiger partial charge is 0.416 e.